The van der Waals surface area contributed by atoms with Crippen LogP contribution in [0, 0.1) is 0 Å². The quantitative estimate of drug-likeness (QED) is 0.506. The van der Waals surface area contributed by atoms with Crippen LogP contribution in [-0.2, 0) is 0 Å². The molecular weight excluding hydrogens is 437 g/mol. The third kappa shape index (κ3) is 4.65. The molecule has 1 aliphatic rings. The number of ether oxygens (including phenoxy) is 1. The minimum Gasteiger partial charge on any atom is -0.497 e. The number of carbonyl (C=O) groups is 1. The zero-order chi connectivity index (χ0) is 23.8. The molecule has 10 heteroatoms. The predicted octanol–water partition coefficient (Wildman–Crippen LogP) is 4.86. The van der Waals surface area contributed by atoms with Crippen LogP contribution in [0.15, 0.2) is 54.7 Å². The number of nitrogens with zero attached hydrogens (tertiary/aromatic N) is 2. The van der Waals surface area contributed by atoms with Gasteiger partial charge in [-0.05, 0) is 42.3 Å². The molecule has 1 aliphatic heterocycles. The molecule has 0 fully saturated rings. The van der Waals surface area contributed by atoms with Crippen molar-refractivity contribution in [3.63, 3.8) is 0 Å². The number of fused-ring (bicyclic) bond motifs is 1. The molecule has 2 heterocycles. The lowest BCUT2D eigenvalue weighted by Crippen LogP contribution is -2.36. The Bertz CT molecular complexity index is 1160. The number of rotatable bonds is 5. The Morgan fingerprint density at radius 1 is 1.27 bits per heavy atom. The number of aliphatic hydroxyl groups excluding tert-OH is 1. The van der Waals surface area contributed by atoms with E-state index in [1.165, 1.54) is 7.11 Å². The van der Waals surface area contributed by atoms with Crippen molar-refractivity contribution in [2.24, 2.45) is 0 Å². The Morgan fingerprint density at radius 2 is 2.03 bits per heavy atom. The Labute approximate surface area is 188 Å². The predicted molar refractivity (Wildman–Crippen MR) is 116 cm³/mol. The monoisotopic (exact) mass is 460 g/mol. The summed E-state index contributed by atoms with van der Waals surface area (Å²) in [6, 6.07) is 10.8. The lowest BCUT2D eigenvalue weighted by atomic mass is 9.96. The van der Waals surface area contributed by atoms with Crippen molar-refractivity contribution in [3.8, 4) is 5.75 Å². The van der Waals surface area contributed by atoms with E-state index in [2.05, 4.69) is 15.7 Å². The van der Waals surface area contributed by atoms with Gasteiger partial charge in [0.1, 0.15) is 17.1 Å². The van der Waals surface area contributed by atoms with E-state index in [-0.39, 0.29) is 17.8 Å². The fourth-order valence-electron chi connectivity index (χ4n) is 3.88. The molecular formula is C23H23F3N4O3. The SMILES string of the molecule is COc1cccc([C@H]2C[C@H](C(F)(F)F)n3ncc(C(=O)Nc4cccc([C@@H](C)O)c4)c3N2)c1. The van der Waals surface area contributed by atoms with Gasteiger partial charge < -0.3 is 20.5 Å². The van der Waals surface area contributed by atoms with Gasteiger partial charge in [-0.1, -0.05) is 24.3 Å². The van der Waals surface area contributed by atoms with Gasteiger partial charge in [0.05, 0.1) is 25.5 Å². The molecule has 0 spiro atoms. The number of hydrogen-bond donors (Lipinski definition) is 3. The van der Waals surface area contributed by atoms with Crippen molar-refractivity contribution in [1.29, 1.82) is 0 Å². The molecule has 3 N–H and O–H groups in total. The van der Waals surface area contributed by atoms with Crippen molar-refractivity contribution >= 4 is 17.4 Å². The Morgan fingerprint density at radius 3 is 2.73 bits per heavy atom. The maximum Gasteiger partial charge on any atom is 0.410 e. The Hall–Kier alpha value is -3.53. The standard InChI is InChI=1S/C23H23F3N4O3/c1-13(31)14-5-3-7-16(9-14)28-22(32)18-12-27-30-20(23(24,25)26)11-19(29-21(18)30)15-6-4-8-17(10-15)33-2/h3-10,12-13,19-20,29,31H,11H2,1-2H3,(H,28,32)/t13-,19-,20-/m1/s1. The van der Waals surface area contributed by atoms with E-state index in [0.29, 0.717) is 22.6 Å². The summed E-state index contributed by atoms with van der Waals surface area (Å²) in [7, 11) is 1.48. The summed E-state index contributed by atoms with van der Waals surface area (Å²) in [6.45, 7) is 1.59. The normalized spacial score (nSPS) is 18.7. The zero-order valence-electron chi connectivity index (χ0n) is 17.9. The third-order valence-electron chi connectivity index (χ3n) is 5.61. The van der Waals surface area contributed by atoms with E-state index in [9.17, 15) is 23.1 Å². The van der Waals surface area contributed by atoms with Gasteiger partial charge in [0.15, 0.2) is 6.04 Å². The molecule has 0 aliphatic carbocycles. The topological polar surface area (TPSA) is 88.4 Å². The number of amides is 1. The summed E-state index contributed by atoms with van der Waals surface area (Å²) < 4.78 is 47.7. The van der Waals surface area contributed by atoms with E-state index < -0.39 is 30.3 Å². The highest BCUT2D eigenvalue weighted by Crippen LogP contribution is 2.44. The molecule has 33 heavy (non-hydrogen) atoms. The van der Waals surface area contributed by atoms with Crippen molar-refractivity contribution in [2.45, 2.75) is 37.7 Å². The number of methoxy groups -OCH3 is 1. The van der Waals surface area contributed by atoms with Crippen LogP contribution in [0.2, 0.25) is 0 Å². The van der Waals surface area contributed by atoms with Crippen LogP contribution in [0.5, 0.6) is 5.75 Å². The van der Waals surface area contributed by atoms with Crippen molar-refractivity contribution in [3.05, 3.63) is 71.4 Å². The van der Waals surface area contributed by atoms with Gasteiger partial charge >= 0.3 is 6.18 Å². The highest BCUT2D eigenvalue weighted by molar-refractivity contribution is 6.07. The van der Waals surface area contributed by atoms with Gasteiger partial charge in [-0.2, -0.15) is 18.3 Å². The Balaban J connectivity index is 1.67. The molecule has 2 aromatic carbocycles. The lowest BCUT2D eigenvalue weighted by molar-refractivity contribution is -0.173. The molecule has 3 atom stereocenters. The molecule has 0 saturated heterocycles. The van der Waals surface area contributed by atoms with Gasteiger partial charge in [-0.25, -0.2) is 4.68 Å². The van der Waals surface area contributed by atoms with Crippen LogP contribution in [0.25, 0.3) is 0 Å². The lowest BCUT2D eigenvalue weighted by Gasteiger charge is -2.34. The number of anilines is 2. The van der Waals surface area contributed by atoms with Crippen LogP contribution in [0.4, 0.5) is 24.7 Å². The van der Waals surface area contributed by atoms with Crippen molar-refractivity contribution < 1.29 is 27.8 Å². The summed E-state index contributed by atoms with van der Waals surface area (Å²) in [6.07, 6.45) is -4.45. The third-order valence-corrected chi connectivity index (χ3v) is 5.61. The number of aromatic nitrogens is 2. The zero-order valence-corrected chi connectivity index (χ0v) is 17.9. The summed E-state index contributed by atoms with van der Waals surface area (Å²) in [5.41, 5.74) is 1.59. The second kappa shape index (κ2) is 8.78. The van der Waals surface area contributed by atoms with Crippen LogP contribution in [0.3, 0.4) is 0 Å². The fourth-order valence-corrected chi connectivity index (χ4v) is 3.88. The first-order valence-electron chi connectivity index (χ1n) is 10.3. The number of nitrogens with one attached hydrogen (secondary N) is 2. The molecule has 0 radical (unpaired) electrons. The molecule has 1 aromatic heterocycles. The molecule has 3 aromatic rings. The first kappa shape index (κ1) is 22.7. The van der Waals surface area contributed by atoms with Gasteiger partial charge in [0, 0.05) is 12.1 Å². The maximum absolute atomic E-state index is 13.9. The Kier molecular flexibility index (Phi) is 6.03. The first-order valence-corrected chi connectivity index (χ1v) is 10.3. The van der Waals surface area contributed by atoms with Crippen LogP contribution < -0.4 is 15.4 Å². The first-order chi connectivity index (χ1) is 15.7. The number of hydrogen-bond acceptors (Lipinski definition) is 5. The highest BCUT2D eigenvalue weighted by Gasteiger charge is 2.47. The average Bonchev–Trinajstić information content (AvgIpc) is 3.22. The minimum absolute atomic E-state index is 0.0134. The smallest absolute Gasteiger partial charge is 0.410 e. The molecule has 0 bridgehead atoms. The molecule has 7 nitrogen and oxygen atoms in total. The number of aliphatic hydroxyl groups is 1. The number of benzene rings is 2. The summed E-state index contributed by atoms with van der Waals surface area (Å²) in [4.78, 5) is 13.0. The van der Waals surface area contributed by atoms with Gasteiger partial charge in [-0.3, -0.25) is 4.79 Å². The summed E-state index contributed by atoms with van der Waals surface area (Å²) in [5, 5.41) is 19.4. The van der Waals surface area contributed by atoms with E-state index >= 15 is 0 Å². The number of halogens is 3. The summed E-state index contributed by atoms with van der Waals surface area (Å²) >= 11 is 0. The van der Waals surface area contributed by atoms with Gasteiger partial charge in [-0.15, -0.1) is 0 Å². The molecule has 1 amide bonds. The van der Waals surface area contributed by atoms with Gasteiger partial charge in [0.25, 0.3) is 5.91 Å². The molecule has 174 valence electrons. The number of carbonyl (C=O) groups excluding carboxylic acids is 1. The van der Waals surface area contributed by atoms with E-state index in [1.54, 1.807) is 55.5 Å². The van der Waals surface area contributed by atoms with Gasteiger partial charge in [0.2, 0.25) is 0 Å². The van der Waals surface area contributed by atoms with Crippen LogP contribution >= 0.6 is 0 Å². The molecule has 4 rings (SSSR count). The van der Waals surface area contributed by atoms with Crippen molar-refractivity contribution in [2.75, 3.05) is 17.7 Å². The average molecular weight is 460 g/mol. The minimum atomic E-state index is -4.56. The van der Waals surface area contributed by atoms with E-state index in [0.717, 1.165) is 10.9 Å². The fraction of sp³-hybridized carbons (Fsp3) is 0.304. The number of alkyl halides is 3. The van der Waals surface area contributed by atoms with Crippen LogP contribution in [0.1, 0.15) is 53.0 Å². The highest BCUT2D eigenvalue weighted by atomic mass is 19.4. The second-order valence-corrected chi connectivity index (χ2v) is 7.87. The molecule has 0 unspecified atom stereocenters. The molecule has 0 saturated carbocycles. The van der Waals surface area contributed by atoms with Crippen molar-refractivity contribution in [1.82, 2.24) is 9.78 Å². The largest absolute Gasteiger partial charge is 0.497 e. The van der Waals surface area contributed by atoms with Crippen LogP contribution in [-0.4, -0.2) is 34.1 Å². The second-order valence-electron chi connectivity index (χ2n) is 7.87. The van der Waals surface area contributed by atoms with E-state index in [1.807, 2.05) is 0 Å². The maximum atomic E-state index is 13.9. The van der Waals surface area contributed by atoms with E-state index in [4.69, 9.17) is 4.74 Å². The summed E-state index contributed by atoms with van der Waals surface area (Å²) in [5.74, 6) is -0.104.